The van der Waals surface area contributed by atoms with Crippen molar-refractivity contribution in [2.75, 3.05) is 0 Å². The zero-order chi connectivity index (χ0) is 11.9. The molecule has 0 aliphatic rings. The molecule has 1 atom stereocenters. The summed E-state index contributed by atoms with van der Waals surface area (Å²) in [7, 11) is 0. The van der Waals surface area contributed by atoms with Gasteiger partial charge in [0.05, 0.1) is 0 Å². The van der Waals surface area contributed by atoms with Crippen LogP contribution in [0.4, 0.5) is 4.79 Å². The third-order valence-corrected chi connectivity index (χ3v) is 1.81. The van der Waals surface area contributed by atoms with E-state index < -0.39 is 5.60 Å². The molecule has 1 amide bonds. The minimum atomic E-state index is -0.426. The van der Waals surface area contributed by atoms with E-state index in [1.807, 2.05) is 33.8 Å². The molecule has 0 aromatic carbocycles. The van der Waals surface area contributed by atoms with Gasteiger partial charge in [0.25, 0.3) is 0 Å². The molecular formula is C12H23NO2. The number of allylic oxidation sites excluding steroid dienone is 1. The van der Waals surface area contributed by atoms with Gasteiger partial charge in [-0.3, -0.25) is 0 Å². The van der Waals surface area contributed by atoms with Gasteiger partial charge >= 0.3 is 6.09 Å². The number of rotatable bonds is 5. The van der Waals surface area contributed by atoms with Crippen molar-refractivity contribution in [3.05, 3.63) is 12.7 Å². The fourth-order valence-corrected chi connectivity index (χ4v) is 1.15. The van der Waals surface area contributed by atoms with Crippen LogP contribution in [-0.2, 0) is 4.74 Å². The first-order valence-corrected chi connectivity index (χ1v) is 5.45. The Kier molecular flexibility index (Phi) is 6.06. The number of unbranched alkanes of at least 4 members (excludes halogenated alkanes) is 1. The molecule has 0 radical (unpaired) electrons. The predicted octanol–water partition coefficient (Wildman–Crippen LogP) is 3.26. The van der Waals surface area contributed by atoms with E-state index >= 15 is 0 Å². The fourth-order valence-electron chi connectivity index (χ4n) is 1.15. The van der Waals surface area contributed by atoms with Gasteiger partial charge in [-0.05, 0) is 47.0 Å². The number of hydrogen-bond donors (Lipinski definition) is 1. The summed E-state index contributed by atoms with van der Waals surface area (Å²) in [6, 6.07) is 0.153. The number of carbonyl (C=O) groups is 1. The number of nitrogens with one attached hydrogen (secondary N) is 1. The van der Waals surface area contributed by atoms with Gasteiger partial charge in [-0.25, -0.2) is 4.79 Å². The van der Waals surface area contributed by atoms with E-state index in [1.165, 1.54) is 0 Å². The summed E-state index contributed by atoms with van der Waals surface area (Å²) in [5.74, 6) is 0. The first kappa shape index (κ1) is 14.0. The lowest BCUT2D eigenvalue weighted by Gasteiger charge is -2.21. The average Bonchev–Trinajstić information content (AvgIpc) is 2.00. The highest BCUT2D eigenvalue weighted by molar-refractivity contribution is 5.67. The number of alkyl carbamates (subject to hydrolysis) is 1. The van der Waals surface area contributed by atoms with Crippen molar-refractivity contribution in [2.45, 2.75) is 58.6 Å². The summed E-state index contributed by atoms with van der Waals surface area (Å²) < 4.78 is 5.14. The van der Waals surface area contributed by atoms with Gasteiger partial charge in [0.15, 0.2) is 0 Å². The second-order valence-corrected chi connectivity index (χ2v) is 4.77. The smallest absolute Gasteiger partial charge is 0.407 e. The number of hydrogen-bond acceptors (Lipinski definition) is 2. The molecule has 0 heterocycles. The third-order valence-electron chi connectivity index (χ3n) is 1.81. The number of amides is 1. The minimum Gasteiger partial charge on any atom is -0.444 e. The highest BCUT2D eigenvalue weighted by atomic mass is 16.6. The molecule has 15 heavy (non-hydrogen) atoms. The Hall–Kier alpha value is -0.990. The van der Waals surface area contributed by atoms with Crippen molar-refractivity contribution < 1.29 is 9.53 Å². The summed E-state index contributed by atoms with van der Waals surface area (Å²) in [6.45, 7) is 11.2. The third kappa shape index (κ3) is 9.32. The maximum absolute atomic E-state index is 11.3. The summed E-state index contributed by atoms with van der Waals surface area (Å²) in [5, 5.41) is 2.80. The van der Waals surface area contributed by atoms with Crippen LogP contribution in [0.2, 0.25) is 0 Å². The van der Waals surface area contributed by atoms with Crippen molar-refractivity contribution >= 4 is 6.09 Å². The Morgan fingerprint density at radius 1 is 1.53 bits per heavy atom. The molecule has 3 nitrogen and oxygen atoms in total. The molecule has 0 fully saturated rings. The van der Waals surface area contributed by atoms with Crippen LogP contribution in [-0.4, -0.2) is 17.7 Å². The Morgan fingerprint density at radius 2 is 2.13 bits per heavy atom. The van der Waals surface area contributed by atoms with E-state index in [2.05, 4.69) is 11.9 Å². The van der Waals surface area contributed by atoms with E-state index in [1.54, 1.807) is 0 Å². The lowest BCUT2D eigenvalue weighted by molar-refractivity contribution is 0.0506. The van der Waals surface area contributed by atoms with E-state index in [0.29, 0.717) is 0 Å². The minimum absolute atomic E-state index is 0.153. The van der Waals surface area contributed by atoms with Crippen LogP contribution in [0.5, 0.6) is 0 Å². The molecule has 0 aromatic rings. The first-order valence-electron chi connectivity index (χ1n) is 5.45. The molecule has 0 aliphatic heterocycles. The van der Waals surface area contributed by atoms with Crippen molar-refractivity contribution in [1.29, 1.82) is 0 Å². The molecular weight excluding hydrogens is 190 g/mol. The van der Waals surface area contributed by atoms with Crippen LogP contribution in [0.15, 0.2) is 12.7 Å². The van der Waals surface area contributed by atoms with Crippen LogP contribution < -0.4 is 5.32 Å². The summed E-state index contributed by atoms with van der Waals surface area (Å²) in [5.41, 5.74) is -0.426. The topological polar surface area (TPSA) is 38.3 Å². The Labute approximate surface area is 92.9 Å². The van der Waals surface area contributed by atoms with E-state index in [0.717, 1.165) is 19.3 Å². The monoisotopic (exact) mass is 213 g/mol. The van der Waals surface area contributed by atoms with Crippen molar-refractivity contribution in [2.24, 2.45) is 0 Å². The molecule has 0 saturated carbocycles. The standard InChI is InChI=1S/C12H23NO2/c1-6-7-8-9-10(2)13-11(14)15-12(3,4)5/h6,10H,1,7-9H2,2-5H3,(H,13,14)/t10-/m1/s1. The Bertz CT molecular complexity index is 206. The van der Waals surface area contributed by atoms with Crippen LogP contribution in [0.25, 0.3) is 0 Å². The largest absolute Gasteiger partial charge is 0.444 e. The normalized spacial score (nSPS) is 13.1. The van der Waals surface area contributed by atoms with Gasteiger partial charge < -0.3 is 10.1 Å². The SMILES string of the molecule is C=CCCC[C@@H](C)NC(=O)OC(C)(C)C. The van der Waals surface area contributed by atoms with Gasteiger partial charge in [0.1, 0.15) is 5.60 Å². The van der Waals surface area contributed by atoms with Crippen molar-refractivity contribution in [3.8, 4) is 0 Å². The van der Waals surface area contributed by atoms with E-state index in [-0.39, 0.29) is 12.1 Å². The van der Waals surface area contributed by atoms with Crippen LogP contribution in [0.1, 0.15) is 47.0 Å². The van der Waals surface area contributed by atoms with Gasteiger partial charge in [-0.15, -0.1) is 6.58 Å². The summed E-state index contributed by atoms with van der Waals surface area (Å²) >= 11 is 0. The number of ether oxygens (including phenoxy) is 1. The molecule has 0 aromatic heterocycles. The highest BCUT2D eigenvalue weighted by Crippen LogP contribution is 2.07. The summed E-state index contributed by atoms with van der Waals surface area (Å²) in [4.78, 5) is 11.3. The van der Waals surface area contributed by atoms with Crippen molar-refractivity contribution in [3.63, 3.8) is 0 Å². The molecule has 0 rings (SSSR count). The zero-order valence-corrected chi connectivity index (χ0v) is 10.3. The van der Waals surface area contributed by atoms with Gasteiger partial charge in [-0.2, -0.15) is 0 Å². The Morgan fingerprint density at radius 3 is 2.60 bits per heavy atom. The van der Waals surface area contributed by atoms with E-state index in [9.17, 15) is 4.79 Å². The van der Waals surface area contributed by atoms with Crippen LogP contribution in [0, 0.1) is 0 Å². The Balaban J connectivity index is 3.71. The second-order valence-electron chi connectivity index (χ2n) is 4.77. The fraction of sp³-hybridized carbons (Fsp3) is 0.750. The molecule has 88 valence electrons. The zero-order valence-electron chi connectivity index (χ0n) is 10.3. The van der Waals surface area contributed by atoms with Gasteiger partial charge in [-0.1, -0.05) is 6.08 Å². The number of carbonyl (C=O) groups excluding carboxylic acids is 1. The molecule has 0 saturated heterocycles. The average molecular weight is 213 g/mol. The molecule has 0 bridgehead atoms. The maximum Gasteiger partial charge on any atom is 0.407 e. The summed E-state index contributed by atoms with van der Waals surface area (Å²) in [6.07, 6.45) is 4.53. The second kappa shape index (κ2) is 6.49. The molecule has 3 heteroatoms. The molecule has 0 spiro atoms. The maximum atomic E-state index is 11.3. The van der Waals surface area contributed by atoms with E-state index in [4.69, 9.17) is 4.74 Å². The lowest BCUT2D eigenvalue weighted by Crippen LogP contribution is -2.37. The predicted molar refractivity (Wildman–Crippen MR) is 62.9 cm³/mol. The molecule has 0 aliphatic carbocycles. The van der Waals surface area contributed by atoms with Crippen LogP contribution >= 0.6 is 0 Å². The van der Waals surface area contributed by atoms with Gasteiger partial charge in [0, 0.05) is 6.04 Å². The van der Waals surface area contributed by atoms with Crippen LogP contribution in [0.3, 0.4) is 0 Å². The van der Waals surface area contributed by atoms with Gasteiger partial charge in [0.2, 0.25) is 0 Å². The highest BCUT2D eigenvalue weighted by Gasteiger charge is 2.17. The van der Waals surface area contributed by atoms with Crippen molar-refractivity contribution in [1.82, 2.24) is 5.32 Å². The first-order chi connectivity index (χ1) is 6.85. The quantitative estimate of drug-likeness (QED) is 0.562. The molecule has 0 unspecified atom stereocenters. The molecule has 1 N–H and O–H groups in total. The lowest BCUT2D eigenvalue weighted by atomic mass is 10.1.